The number of fused-ring (bicyclic) bond motifs is 5. The summed E-state index contributed by atoms with van der Waals surface area (Å²) in [4.78, 5) is 0. The molecule has 24 fully saturated rings. The monoisotopic (exact) mass is 1170 g/mol. The fraction of sp³-hybridized carbons (Fsp3) is 0.820. The quantitative estimate of drug-likeness (QED) is 0.212. The number of allylic oxidation sites excluding steroid dienone is 16. The summed E-state index contributed by atoms with van der Waals surface area (Å²) in [5.41, 5.74) is 17.4. The predicted octanol–water partition coefficient (Wildman–Crippen LogP) is 18.0. The van der Waals surface area contributed by atoms with Crippen molar-refractivity contribution in [2.24, 2.45) is 320 Å². The van der Waals surface area contributed by atoms with Gasteiger partial charge in [0.15, 0.2) is 0 Å². The molecule has 24 saturated carbocycles. The van der Waals surface area contributed by atoms with E-state index in [0.717, 1.165) is 249 Å². The van der Waals surface area contributed by atoms with Gasteiger partial charge in [-0.3, -0.25) is 0 Å². The molecule has 0 aliphatic heterocycles. The van der Waals surface area contributed by atoms with E-state index in [1.54, 1.807) is 57.8 Å². The lowest BCUT2D eigenvalue weighted by atomic mass is 9.32. The molecule has 0 N–H and O–H groups in total. The van der Waals surface area contributed by atoms with Crippen molar-refractivity contribution in [3.05, 3.63) is 93.2 Å². The minimum absolute atomic E-state index is 0.860. The van der Waals surface area contributed by atoms with Crippen molar-refractivity contribution >= 4 is 0 Å². The van der Waals surface area contributed by atoms with Crippen LogP contribution in [-0.2, 0) is 0 Å². The van der Waals surface area contributed by atoms with Gasteiger partial charge in [0.1, 0.15) is 0 Å². The maximum Gasteiger partial charge on any atom is 0.00475 e. The zero-order valence-corrected chi connectivity index (χ0v) is 54.4. The summed E-state index contributed by atoms with van der Waals surface area (Å²) < 4.78 is 0. The van der Waals surface area contributed by atoms with Crippen molar-refractivity contribution in [3.8, 4) is 0 Å². The van der Waals surface area contributed by atoms with E-state index >= 15 is 0 Å². The van der Waals surface area contributed by atoms with E-state index in [9.17, 15) is 0 Å². The van der Waals surface area contributed by atoms with E-state index in [1.807, 2.05) is 27.7 Å². The summed E-state index contributed by atoms with van der Waals surface area (Å²) in [5.74, 6) is 58.8. The van der Waals surface area contributed by atoms with Crippen LogP contribution in [0.4, 0.5) is 0 Å². The van der Waals surface area contributed by atoms with Crippen LogP contribution in [0.5, 0.6) is 0 Å². The first-order valence-corrected chi connectivity index (χ1v) is 41.9. The summed E-state index contributed by atoms with van der Waals surface area (Å²) in [7, 11) is 0. The SMILES string of the molecule is C1=C2CC3CC4=CC5CC=C6CC7CC8CCC9=CC%10CCC1C1=C%11C2C2C3C4C3C5C6C4C7C5C8C9C(C1%10)C1C%11C2C3C4C15.C1=CC2C3CCC4C5CCC6C7CCC8C9C=CC%10C1C1C%11=C%12C%13C(C21)C3C4C1C5C6C2C7C8C(C%12C2C%131)C9C%11%10.CC.CC. The first-order valence-electron chi connectivity index (χ1n) is 41.9. The third kappa shape index (κ3) is 4.24. The molecule has 89 heavy (non-hydrogen) atoms. The second-order valence-corrected chi connectivity index (χ2v) is 41.4. The van der Waals surface area contributed by atoms with Crippen LogP contribution in [0.2, 0.25) is 0 Å². The zero-order valence-electron chi connectivity index (χ0n) is 54.4. The fourth-order valence-corrected chi connectivity index (χ4v) is 45.6. The molecule has 460 valence electrons. The molecule has 33 aliphatic carbocycles. The van der Waals surface area contributed by atoms with Gasteiger partial charge in [-0.2, -0.15) is 0 Å². The highest BCUT2D eigenvalue weighted by Gasteiger charge is 2.88. The average Bonchev–Trinajstić information content (AvgIpc) is 1.46. The molecule has 0 bridgehead atoms. The molecule has 0 nitrogen and oxygen atoms in total. The highest BCUT2D eigenvalue weighted by Crippen LogP contribution is 2.94. The highest BCUT2D eigenvalue weighted by molar-refractivity contribution is 5.56. The van der Waals surface area contributed by atoms with Crippen molar-refractivity contribution in [1.82, 2.24) is 0 Å². The summed E-state index contributed by atoms with van der Waals surface area (Å²) in [5, 5.41) is 0. The molecule has 0 aromatic heterocycles. The number of rotatable bonds is 0. The average molecular weight is 1170 g/mol. The Morgan fingerprint density at radius 1 is 0.270 bits per heavy atom. The largest absolute Gasteiger partial charge is 0.0845 e. The molecule has 33 rings (SSSR count). The van der Waals surface area contributed by atoms with E-state index in [4.69, 9.17) is 0 Å². The Labute approximate surface area is 533 Å². The van der Waals surface area contributed by atoms with Gasteiger partial charge < -0.3 is 0 Å². The van der Waals surface area contributed by atoms with Gasteiger partial charge in [-0.05, 0) is 410 Å². The standard InChI is InChI=1S/C45H48.C40H44.2C2H6/c1-3-16-8-20-9-17-5-6-18-10-21-12-23-13-22-11-19-4-2-15-7-14(1)24-27(16)36-32(20)37-29(17)26(18)35-30(21)31(23)39-33(22)38-28(19)25(15)34(24)40-42(36)44(37)41(35)45(39)43(38)40;1-2-12-14-5-6-16-18-9-10-20-19-8-7-17-15-4-3-13-11(1)21-22(12)32-24(14)26(16)34-29(18)30(20)35-28(19)27(17)33-25(15)23(13)31(21)36-37(32)39(34)40(35)38(33)36;2*1-2/h5,7,10-11,15-16,18-20,23-27,29-37,39-45H,1-4,6,8-9,12-13H2;1-4,11-30,32-35,37-40H,5-10H2;2*1-2H3. The molecular formula is C89H104. The van der Waals surface area contributed by atoms with Gasteiger partial charge in [0, 0.05) is 5.92 Å². The maximum absolute atomic E-state index is 3.06. The van der Waals surface area contributed by atoms with Crippen LogP contribution in [0, 0.1) is 320 Å². The third-order valence-electron chi connectivity index (χ3n) is 43.3. The Bertz CT molecular complexity index is 3660. The first-order chi connectivity index (χ1) is 44.2. The molecule has 0 spiro atoms. The Hall–Kier alpha value is -2.08. The Morgan fingerprint density at radius 2 is 0.753 bits per heavy atom. The van der Waals surface area contributed by atoms with Gasteiger partial charge >= 0.3 is 0 Å². The Morgan fingerprint density at radius 3 is 1.45 bits per heavy atom. The van der Waals surface area contributed by atoms with Crippen LogP contribution >= 0.6 is 0 Å². The predicted molar refractivity (Wildman–Crippen MR) is 345 cm³/mol. The van der Waals surface area contributed by atoms with Crippen LogP contribution in [0.15, 0.2) is 93.2 Å². The first kappa shape index (κ1) is 47.8. The van der Waals surface area contributed by atoms with Crippen molar-refractivity contribution < 1.29 is 0 Å². The lowest BCUT2D eigenvalue weighted by Crippen LogP contribution is -2.67. The van der Waals surface area contributed by atoms with E-state index in [1.165, 1.54) is 110 Å². The second-order valence-electron chi connectivity index (χ2n) is 41.4. The highest BCUT2D eigenvalue weighted by atomic mass is 14.9. The molecule has 0 aromatic carbocycles. The van der Waals surface area contributed by atoms with Gasteiger partial charge in [0.05, 0.1) is 0 Å². The van der Waals surface area contributed by atoms with Gasteiger partial charge in [0.25, 0.3) is 0 Å². The van der Waals surface area contributed by atoms with Crippen LogP contribution < -0.4 is 0 Å². The fourth-order valence-electron chi connectivity index (χ4n) is 45.6. The molecule has 0 saturated heterocycles. The zero-order chi connectivity index (χ0) is 56.1. The van der Waals surface area contributed by atoms with Crippen molar-refractivity contribution in [3.63, 3.8) is 0 Å². The van der Waals surface area contributed by atoms with Gasteiger partial charge in [-0.25, -0.2) is 0 Å². The molecule has 0 amide bonds. The Balaban J connectivity index is 0.0000000964. The number of hydrogen-bond acceptors (Lipinski definition) is 0. The lowest BCUT2D eigenvalue weighted by molar-refractivity contribution is -0.210. The van der Waals surface area contributed by atoms with Gasteiger partial charge in [-0.15, -0.1) is 0 Å². The maximum atomic E-state index is 3.06. The minimum Gasteiger partial charge on any atom is -0.0845 e. The Kier molecular flexibility index (Phi) is 7.76. The van der Waals surface area contributed by atoms with Crippen LogP contribution in [-0.4, -0.2) is 0 Å². The second kappa shape index (κ2) is 14.5. The summed E-state index contributed by atoms with van der Waals surface area (Å²) in [6, 6.07) is 0. The van der Waals surface area contributed by atoms with Gasteiger partial charge in [0.2, 0.25) is 0 Å². The van der Waals surface area contributed by atoms with Crippen molar-refractivity contribution in [2.75, 3.05) is 0 Å². The molecule has 54 atom stereocenters. The number of hydrogen-bond donors (Lipinski definition) is 0. The molecule has 0 heteroatoms. The smallest absolute Gasteiger partial charge is 0.00475 e. The summed E-state index contributed by atoms with van der Waals surface area (Å²) >= 11 is 0. The van der Waals surface area contributed by atoms with E-state index in [-0.39, 0.29) is 0 Å². The lowest BCUT2D eigenvalue weighted by Gasteiger charge is -2.71. The van der Waals surface area contributed by atoms with E-state index in [2.05, 4.69) is 93.2 Å². The topological polar surface area (TPSA) is 0 Å². The summed E-state index contributed by atoms with van der Waals surface area (Å²) in [6.07, 6.45) is 47.7. The van der Waals surface area contributed by atoms with E-state index in [0.29, 0.717) is 0 Å². The molecule has 0 heterocycles. The third-order valence-corrected chi connectivity index (χ3v) is 43.3. The van der Waals surface area contributed by atoms with Crippen molar-refractivity contribution in [2.45, 2.75) is 124 Å². The van der Waals surface area contributed by atoms with Crippen LogP contribution in [0.25, 0.3) is 0 Å². The molecular weight excluding hydrogens is 1070 g/mol. The molecule has 54 unspecified atom stereocenters. The van der Waals surface area contributed by atoms with Gasteiger partial charge in [-0.1, -0.05) is 121 Å². The van der Waals surface area contributed by atoms with E-state index < -0.39 is 0 Å². The minimum atomic E-state index is 0.860. The summed E-state index contributed by atoms with van der Waals surface area (Å²) in [6.45, 7) is 8.00. The molecule has 0 aromatic rings. The van der Waals surface area contributed by atoms with Crippen LogP contribution in [0.3, 0.4) is 0 Å². The molecule has 0 radical (unpaired) electrons. The molecule has 33 aliphatic rings. The van der Waals surface area contributed by atoms with Crippen molar-refractivity contribution in [1.29, 1.82) is 0 Å². The normalized spacial score (nSPS) is 74.4. The van der Waals surface area contributed by atoms with Crippen LogP contribution in [0.1, 0.15) is 124 Å².